The van der Waals surface area contributed by atoms with Gasteiger partial charge in [0, 0.05) is 0 Å². The number of benzene rings is 2. The minimum atomic E-state index is -0.268. The molecule has 2 aromatic rings. The summed E-state index contributed by atoms with van der Waals surface area (Å²) in [7, 11) is 0. The van der Waals surface area contributed by atoms with Gasteiger partial charge in [-0.15, -0.1) is 0 Å². The topological polar surface area (TPSA) is 46.5 Å². The summed E-state index contributed by atoms with van der Waals surface area (Å²) in [6, 6.07) is 14.4. The first-order valence-corrected chi connectivity index (χ1v) is 8.70. The Morgan fingerprint density at radius 2 is 1.54 bits per heavy atom. The SMILES string of the molecule is CCCCCC[C@@H](C)OC(=O)c1ccc(-c2ccc(O)cc2)cc1. The predicted octanol–water partition coefficient (Wildman–Crippen LogP) is 5.57. The van der Waals surface area contributed by atoms with Crippen LogP contribution >= 0.6 is 0 Å². The van der Waals surface area contributed by atoms with Crippen molar-refractivity contribution in [1.29, 1.82) is 0 Å². The smallest absolute Gasteiger partial charge is 0.338 e. The lowest BCUT2D eigenvalue weighted by atomic mass is 10.0. The molecule has 0 radical (unpaired) electrons. The number of carbonyl (C=O) groups excluding carboxylic acids is 1. The molecule has 2 aromatic carbocycles. The molecule has 0 aliphatic carbocycles. The van der Waals surface area contributed by atoms with Crippen LogP contribution in [0, 0.1) is 0 Å². The average Bonchev–Trinajstić information content (AvgIpc) is 2.59. The van der Waals surface area contributed by atoms with Crippen molar-refractivity contribution in [3.63, 3.8) is 0 Å². The molecule has 3 heteroatoms. The van der Waals surface area contributed by atoms with Gasteiger partial charge in [-0.25, -0.2) is 4.79 Å². The van der Waals surface area contributed by atoms with Crippen LogP contribution in [0.1, 0.15) is 56.3 Å². The van der Waals surface area contributed by atoms with E-state index >= 15 is 0 Å². The van der Waals surface area contributed by atoms with E-state index < -0.39 is 0 Å². The Hall–Kier alpha value is -2.29. The fraction of sp³-hybridized carbons (Fsp3) is 0.381. The third-order valence-electron chi connectivity index (χ3n) is 4.09. The molecule has 0 bridgehead atoms. The molecule has 0 amide bonds. The van der Waals surface area contributed by atoms with Crippen LogP contribution in [0.2, 0.25) is 0 Å². The molecular weight excluding hydrogens is 300 g/mol. The molecule has 0 heterocycles. The lowest BCUT2D eigenvalue weighted by molar-refractivity contribution is 0.0319. The number of esters is 1. The van der Waals surface area contributed by atoms with Gasteiger partial charge in [-0.05, 0) is 55.2 Å². The van der Waals surface area contributed by atoms with Crippen molar-refractivity contribution in [2.45, 2.75) is 52.1 Å². The molecule has 0 spiro atoms. The second-order valence-corrected chi connectivity index (χ2v) is 6.19. The Bertz CT molecular complexity index is 629. The van der Waals surface area contributed by atoms with Crippen molar-refractivity contribution in [3.8, 4) is 16.9 Å². The van der Waals surface area contributed by atoms with Gasteiger partial charge in [0.1, 0.15) is 5.75 Å². The molecule has 24 heavy (non-hydrogen) atoms. The van der Waals surface area contributed by atoms with E-state index in [0.29, 0.717) is 5.56 Å². The number of hydrogen-bond acceptors (Lipinski definition) is 3. The number of rotatable bonds is 8. The Morgan fingerprint density at radius 1 is 0.958 bits per heavy atom. The monoisotopic (exact) mass is 326 g/mol. The zero-order valence-corrected chi connectivity index (χ0v) is 14.5. The highest BCUT2D eigenvalue weighted by atomic mass is 16.5. The fourth-order valence-electron chi connectivity index (χ4n) is 2.62. The molecule has 0 aliphatic heterocycles. The normalized spacial score (nSPS) is 11.9. The minimum Gasteiger partial charge on any atom is -0.508 e. The molecule has 128 valence electrons. The number of ether oxygens (including phenoxy) is 1. The summed E-state index contributed by atoms with van der Waals surface area (Å²) in [5, 5.41) is 9.33. The maximum Gasteiger partial charge on any atom is 0.338 e. The number of phenolic OH excluding ortho intramolecular Hbond substituents is 1. The number of hydrogen-bond donors (Lipinski definition) is 1. The Balaban J connectivity index is 1.90. The molecule has 0 fully saturated rings. The van der Waals surface area contributed by atoms with Crippen LogP contribution in [0.5, 0.6) is 5.75 Å². The number of unbranched alkanes of at least 4 members (excludes halogenated alkanes) is 3. The number of phenols is 1. The molecular formula is C21H26O3. The summed E-state index contributed by atoms with van der Waals surface area (Å²) in [6.45, 7) is 4.14. The van der Waals surface area contributed by atoms with E-state index in [1.165, 1.54) is 19.3 Å². The van der Waals surface area contributed by atoms with Gasteiger partial charge in [0.05, 0.1) is 11.7 Å². The maximum absolute atomic E-state index is 12.2. The van der Waals surface area contributed by atoms with Gasteiger partial charge >= 0.3 is 5.97 Å². The average molecular weight is 326 g/mol. The second kappa shape index (κ2) is 9.11. The maximum atomic E-state index is 12.2. The van der Waals surface area contributed by atoms with Gasteiger partial charge < -0.3 is 9.84 Å². The highest BCUT2D eigenvalue weighted by molar-refractivity contribution is 5.90. The van der Waals surface area contributed by atoms with Crippen molar-refractivity contribution in [3.05, 3.63) is 54.1 Å². The van der Waals surface area contributed by atoms with E-state index in [0.717, 1.165) is 24.0 Å². The summed E-state index contributed by atoms with van der Waals surface area (Å²) in [5.41, 5.74) is 2.56. The first kappa shape index (κ1) is 18.1. The molecule has 0 aromatic heterocycles. The first-order chi connectivity index (χ1) is 11.6. The summed E-state index contributed by atoms with van der Waals surface area (Å²) in [4.78, 5) is 12.2. The van der Waals surface area contributed by atoms with Crippen molar-refractivity contribution in [2.75, 3.05) is 0 Å². The summed E-state index contributed by atoms with van der Waals surface area (Å²) < 4.78 is 5.51. The fourth-order valence-corrected chi connectivity index (χ4v) is 2.62. The Labute approximate surface area is 144 Å². The van der Waals surface area contributed by atoms with Crippen LogP contribution < -0.4 is 0 Å². The van der Waals surface area contributed by atoms with Crippen LogP contribution in [-0.2, 0) is 4.74 Å². The molecule has 2 rings (SSSR count). The van der Waals surface area contributed by atoms with Gasteiger partial charge in [0.15, 0.2) is 0 Å². The molecule has 0 saturated heterocycles. The molecule has 0 saturated carbocycles. The minimum absolute atomic E-state index is 0.0499. The molecule has 3 nitrogen and oxygen atoms in total. The van der Waals surface area contributed by atoms with Crippen molar-refractivity contribution >= 4 is 5.97 Å². The van der Waals surface area contributed by atoms with Crippen LogP contribution in [0.4, 0.5) is 0 Å². The Morgan fingerprint density at radius 3 is 2.12 bits per heavy atom. The van der Waals surface area contributed by atoms with Gasteiger partial charge in [0.25, 0.3) is 0 Å². The first-order valence-electron chi connectivity index (χ1n) is 8.70. The number of aromatic hydroxyl groups is 1. The summed E-state index contributed by atoms with van der Waals surface area (Å²) >= 11 is 0. The zero-order chi connectivity index (χ0) is 17.4. The lowest BCUT2D eigenvalue weighted by Gasteiger charge is -2.13. The standard InChI is InChI=1S/C21H26O3/c1-3-4-5-6-7-16(2)24-21(23)19-10-8-17(9-11-19)18-12-14-20(22)15-13-18/h8-16,22H,3-7H2,1-2H3/t16-/m1/s1. The number of carbonyl (C=O) groups is 1. The van der Waals surface area contributed by atoms with Crippen molar-refractivity contribution in [1.82, 2.24) is 0 Å². The van der Waals surface area contributed by atoms with Crippen LogP contribution in [0.15, 0.2) is 48.5 Å². The Kier molecular flexibility index (Phi) is 6.86. The van der Waals surface area contributed by atoms with E-state index in [1.54, 1.807) is 24.3 Å². The van der Waals surface area contributed by atoms with Gasteiger partial charge in [-0.3, -0.25) is 0 Å². The van der Waals surface area contributed by atoms with E-state index in [4.69, 9.17) is 4.74 Å². The van der Waals surface area contributed by atoms with Gasteiger partial charge in [-0.2, -0.15) is 0 Å². The molecule has 1 atom stereocenters. The molecule has 0 unspecified atom stereocenters. The van der Waals surface area contributed by atoms with Crippen molar-refractivity contribution < 1.29 is 14.6 Å². The van der Waals surface area contributed by atoms with Crippen LogP contribution in [-0.4, -0.2) is 17.2 Å². The molecule has 0 aliphatic rings. The quantitative estimate of drug-likeness (QED) is 0.509. The molecule has 1 N–H and O–H groups in total. The third-order valence-corrected chi connectivity index (χ3v) is 4.09. The lowest BCUT2D eigenvalue weighted by Crippen LogP contribution is -2.15. The highest BCUT2D eigenvalue weighted by Gasteiger charge is 2.12. The van der Waals surface area contributed by atoms with E-state index in [2.05, 4.69) is 6.92 Å². The zero-order valence-electron chi connectivity index (χ0n) is 14.5. The van der Waals surface area contributed by atoms with E-state index in [1.807, 2.05) is 31.2 Å². The van der Waals surface area contributed by atoms with Crippen LogP contribution in [0.25, 0.3) is 11.1 Å². The summed E-state index contributed by atoms with van der Waals surface area (Å²) in [5.74, 6) is -0.0258. The predicted molar refractivity (Wildman–Crippen MR) is 97.2 cm³/mol. The highest BCUT2D eigenvalue weighted by Crippen LogP contribution is 2.22. The largest absolute Gasteiger partial charge is 0.508 e. The van der Waals surface area contributed by atoms with Gasteiger partial charge in [0.2, 0.25) is 0 Å². The van der Waals surface area contributed by atoms with Crippen LogP contribution in [0.3, 0.4) is 0 Å². The van der Waals surface area contributed by atoms with E-state index in [9.17, 15) is 9.90 Å². The van der Waals surface area contributed by atoms with Crippen molar-refractivity contribution in [2.24, 2.45) is 0 Å². The van der Waals surface area contributed by atoms with Gasteiger partial charge in [-0.1, -0.05) is 50.5 Å². The third kappa shape index (κ3) is 5.41. The second-order valence-electron chi connectivity index (χ2n) is 6.19. The van der Waals surface area contributed by atoms with E-state index in [-0.39, 0.29) is 17.8 Å². The summed E-state index contributed by atoms with van der Waals surface area (Å²) in [6.07, 6.45) is 5.60.